The Hall–Kier alpha value is -1.11. The van der Waals surface area contributed by atoms with Gasteiger partial charge in [-0.05, 0) is 39.8 Å². The average Bonchev–Trinajstić information content (AvgIpc) is 2.26. The smallest absolute Gasteiger partial charge is 0.329 e. The lowest BCUT2D eigenvalue weighted by Gasteiger charge is -2.17. The molecule has 0 fully saturated rings. The van der Waals surface area contributed by atoms with Crippen LogP contribution in [0.5, 0.6) is 0 Å². The predicted octanol–water partition coefficient (Wildman–Crippen LogP) is 2.81. The minimum Gasteiger partial charge on any atom is -0.480 e. The van der Waals surface area contributed by atoms with Crippen molar-refractivity contribution in [2.24, 2.45) is 0 Å². The van der Waals surface area contributed by atoms with Gasteiger partial charge in [0, 0.05) is 10.7 Å². The van der Waals surface area contributed by atoms with Gasteiger partial charge < -0.3 is 9.84 Å². The van der Waals surface area contributed by atoms with Crippen molar-refractivity contribution in [3.05, 3.63) is 29.8 Å². The maximum Gasteiger partial charge on any atom is 0.329 e. The molecule has 1 rings (SSSR count). The Morgan fingerprint density at radius 2 is 1.70 bits per heavy atom. The highest BCUT2D eigenvalue weighted by Gasteiger charge is 2.11. The molecule has 0 bridgehead atoms. The van der Waals surface area contributed by atoms with Crippen LogP contribution in [0.3, 0.4) is 0 Å². The van der Waals surface area contributed by atoms with Crippen molar-refractivity contribution < 1.29 is 23.1 Å². The van der Waals surface area contributed by atoms with Gasteiger partial charge in [-0.1, -0.05) is 17.7 Å². The largest absolute Gasteiger partial charge is 0.480 e. The van der Waals surface area contributed by atoms with Gasteiger partial charge in [0.05, 0.1) is 10.5 Å². The topological polar surface area (TPSA) is 80.7 Å². The molecule has 0 unspecified atom stereocenters. The van der Waals surface area contributed by atoms with Crippen LogP contribution >= 0.6 is 10.7 Å². The highest BCUT2D eigenvalue weighted by Crippen LogP contribution is 2.14. The van der Waals surface area contributed by atoms with E-state index < -0.39 is 15.0 Å². The van der Waals surface area contributed by atoms with Crippen LogP contribution < -0.4 is 0 Å². The highest BCUT2D eigenvalue weighted by molar-refractivity contribution is 8.13. The molecule has 1 aromatic carbocycles. The van der Waals surface area contributed by atoms with Crippen LogP contribution in [0.15, 0.2) is 29.2 Å². The lowest BCUT2D eigenvalue weighted by molar-refractivity contribution is -0.147. The maximum atomic E-state index is 10.7. The first-order valence-electron chi connectivity index (χ1n) is 5.79. The normalized spacial score (nSPS) is 11.4. The molecule has 0 heterocycles. The molecule has 0 saturated carbocycles. The molecule has 0 radical (unpaired) electrons. The molecular weight excluding hydrogens is 304 g/mol. The Morgan fingerprint density at radius 1 is 1.25 bits per heavy atom. The maximum absolute atomic E-state index is 10.7. The van der Waals surface area contributed by atoms with E-state index in [0.717, 1.165) is 5.56 Å². The molecule has 1 aromatic rings. The summed E-state index contributed by atoms with van der Waals surface area (Å²) < 4.78 is 26.3. The molecule has 0 amide bonds. The fourth-order valence-corrected chi connectivity index (χ4v) is 1.75. The SMILES string of the molecule is CC(C)(C)OCC(=O)O.Cc1ccc(S(=O)(=O)Cl)cc1. The van der Waals surface area contributed by atoms with Gasteiger partial charge in [0.2, 0.25) is 0 Å². The van der Waals surface area contributed by atoms with Crippen molar-refractivity contribution >= 4 is 25.7 Å². The lowest BCUT2D eigenvalue weighted by atomic mass is 10.2. The van der Waals surface area contributed by atoms with E-state index in [9.17, 15) is 13.2 Å². The summed E-state index contributed by atoms with van der Waals surface area (Å²) in [6.07, 6.45) is 0. The Labute approximate surface area is 123 Å². The molecule has 0 atom stereocenters. The number of hydrogen-bond donors (Lipinski definition) is 1. The van der Waals surface area contributed by atoms with E-state index in [-0.39, 0.29) is 17.1 Å². The number of carboxylic acids is 1. The molecule has 0 aromatic heterocycles. The first-order chi connectivity index (χ1) is 8.92. The molecule has 1 N–H and O–H groups in total. The van der Waals surface area contributed by atoms with Crippen LogP contribution in [0.25, 0.3) is 0 Å². The number of aryl methyl sites for hydroxylation is 1. The summed E-state index contributed by atoms with van der Waals surface area (Å²) in [5.74, 6) is -0.926. The first-order valence-corrected chi connectivity index (χ1v) is 8.10. The van der Waals surface area contributed by atoms with Gasteiger partial charge in [0.15, 0.2) is 0 Å². The van der Waals surface area contributed by atoms with E-state index in [4.69, 9.17) is 20.5 Å². The molecule has 0 aliphatic carbocycles. The van der Waals surface area contributed by atoms with Gasteiger partial charge in [-0.15, -0.1) is 0 Å². The monoisotopic (exact) mass is 322 g/mol. The molecule has 0 aliphatic heterocycles. The lowest BCUT2D eigenvalue weighted by Crippen LogP contribution is -2.23. The summed E-state index contributed by atoms with van der Waals surface area (Å²) in [4.78, 5) is 10.1. The molecule has 20 heavy (non-hydrogen) atoms. The summed E-state index contributed by atoms with van der Waals surface area (Å²) in [7, 11) is 1.54. The van der Waals surface area contributed by atoms with Crippen LogP contribution in [-0.4, -0.2) is 31.7 Å². The molecular formula is C13H19ClO5S. The molecule has 5 nitrogen and oxygen atoms in total. The fourth-order valence-electron chi connectivity index (χ4n) is 0.979. The molecule has 7 heteroatoms. The van der Waals surface area contributed by atoms with Gasteiger partial charge in [0.25, 0.3) is 9.05 Å². The molecule has 114 valence electrons. The number of halogens is 1. The molecule has 0 spiro atoms. The Morgan fingerprint density at radius 3 is 1.95 bits per heavy atom. The third-order valence-corrected chi connectivity index (χ3v) is 3.30. The second-order valence-corrected chi connectivity index (χ2v) is 7.61. The van der Waals surface area contributed by atoms with Crippen molar-refractivity contribution in [2.45, 2.75) is 38.2 Å². The quantitative estimate of drug-likeness (QED) is 0.865. The molecule has 0 aliphatic rings. The summed E-state index contributed by atoms with van der Waals surface area (Å²) in [5, 5.41) is 8.15. The van der Waals surface area contributed by atoms with Crippen molar-refractivity contribution in [1.82, 2.24) is 0 Å². The third kappa shape index (κ3) is 9.77. The van der Waals surface area contributed by atoms with E-state index in [1.54, 1.807) is 12.1 Å². The van der Waals surface area contributed by atoms with Gasteiger partial charge in [-0.25, -0.2) is 13.2 Å². The van der Waals surface area contributed by atoms with Crippen LogP contribution in [0, 0.1) is 6.92 Å². The minimum atomic E-state index is -3.55. The number of aliphatic carboxylic acids is 1. The second-order valence-electron chi connectivity index (χ2n) is 5.05. The Balaban J connectivity index is 0.000000370. The van der Waals surface area contributed by atoms with E-state index in [0.29, 0.717) is 0 Å². The number of rotatable bonds is 3. The van der Waals surface area contributed by atoms with Crippen LogP contribution in [-0.2, 0) is 18.6 Å². The zero-order valence-corrected chi connectivity index (χ0v) is 13.5. The van der Waals surface area contributed by atoms with Crippen molar-refractivity contribution in [1.29, 1.82) is 0 Å². The Bertz CT molecular complexity index is 529. The number of carboxylic acid groups (broad SMARTS) is 1. The van der Waals surface area contributed by atoms with Crippen molar-refractivity contribution in [3.63, 3.8) is 0 Å². The van der Waals surface area contributed by atoms with Gasteiger partial charge in [0.1, 0.15) is 6.61 Å². The van der Waals surface area contributed by atoms with E-state index in [1.165, 1.54) is 12.1 Å². The Kier molecular flexibility index (Phi) is 7.19. The zero-order chi connectivity index (χ0) is 16.0. The van der Waals surface area contributed by atoms with E-state index in [2.05, 4.69) is 0 Å². The number of carbonyl (C=O) groups is 1. The first kappa shape index (κ1) is 18.9. The third-order valence-electron chi connectivity index (χ3n) is 1.93. The number of hydrogen-bond acceptors (Lipinski definition) is 4. The van der Waals surface area contributed by atoms with Gasteiger partial charge in [-0.2, -0.15) is 0 Å². The van der Waals surface area contributed by atoms with Gasteiger partial charge in [-0.3, -0.25) is 0 Å². The number of benzene rings is 1. The zero-order valence-electron chi connectivity index (χ0n) is 11.9. The summed E-state index contributed by atoms with van der Waals surface area (Å²) >= 11 is 0. The van der Waals surface area contributed by atoms with Crippen LogP contribution in [0.1, 0.15) is 26.3 Å². The number of ether oxygens (including phenoxy) is 1. The minimum absolute atomic E-state index is 0.143. The standard InChI is InChI=1S/C7H7ClO2S.C6H12O3/c1-6-2-4-7(5-3-6)11(8,9)10;1-6(2,3)9-4-5(7)8/h2-5H,1H3;4H2,1-3H3,(H,7,8). The fraction of sp³-hybridized carbons (Fsp3) is 0.462. The highest BCUT2D eigenvalue weighted by atomic mass is 35.7. The summed E-state index contributed by atoms with van der Waals surface area (Å²) in [5.41, 5.74) is 0.660. The van der Waals surface area contributed by atoms with Gasteiger partial charge >= 0.3 is 5.97 Å². The van der Waals surface area contributed by atoms with E-state index in [1.807, 2.05) is 27.7 Å². The summed E-state index contributed by atoms with van der Waals surface area (Å²) in [6, 6.07) is 6.37. The van der Waals surface area contributed by atoms with Crippen LogP contribution in [0.2, 0.25) is 0 Å². The average molecular weight is 323 g/mol. The van der Waals surface area contributed by atoms with Crippen molar-refractivity contribution in [2.75, 3.05) is 6.61 Å². The van der Waals surface area contributed by atoms with Crippen molar-refractivity contribution in [3.8, 4) is 0 Å². The molecule has 0 saturated heterocycles. The van der Waals surface area contributed by atoms with Crippen LogP contribution in [0.4, 0.5) is 0 Å². The predicted molar refractivity (Wildman–Crippen MR) is 77.6 cm³/mol. The van der Waals surface area contributed by atoms with E-state index >= 15 is 0 Å². The summed E-state index contributed by atoms with van der Waals surface area (Å²) in [6.45, 7) is 7.11. The second kappa shape index (κ2) is 7.61.